The van der Waals surface area contributed by atoms with Crippen LogP contribution in [0.4, 0.5) is 11.5 Å². The molecule has 2 rings (SSSR count). The minimum absolute atomic E-state index is 0.367. The number of aromatic nitrogens is 2. The molecule has 1 aromatic rings. The Balaban J connectivity index is 2.21. The lowest BCUT2D eigenvalue weighted by atomic mass is 10.0. The van der Waals surface area contributed by atoms with Crippen molar-refractivity contribution in [3.05, 3.63) is 5.69 Å². The number of anilines is 2. The first kappa shape index (κ1) is 14.2. The summed E-state index contributed by atoms with van der Waals surface area (Å²) in [6, 6.07) is 0.564. The quantitative estimate of drug-likeness (QED) is 0.903. The molecule has 0 amide bonds. The number of hydrogen-bond donors (Lipinski definition) is 1. The molecule has 0 saturated carbocycles. The van der Waals surface area contributed by atoms with Gasteiger partial charge < -0.3 is 15.5 Å². The van der Waals surface area contributed by atoms with Crippen molar-refractivity contribution in [3.63, 3.8) is 0 Å². The summed E-state index contributed by atoms with van der Waals surface area (Å²) >= 11 is 0. The molecule has 0 radical (unpaired) electrons. The van der Waals surface area contributed by atoms with Crippen molar-refractivity contribution in [3.8, 4) is 0 Å². The predicted molar refractivity (Wildman–Crippen MR) is 80.6 cm³/mol. The summed E-state index contributed by atoms with van der Waals surface area (Å²) in [5.74, 6) is 1.43. The molecular weight excluding hydrogens is 238 g/mol. The van der Waals surface area contributed by atoms with Crippen LogP contribution in [0.1, 0.15) is 38.3 Å². The lowest BCUT2D eigenvalue weighted by molar-refractivity contribution is 0.252. The monoisotopic (exact) mass is 265 g/mol. The molecule has 2 heterocycles. The average Bonchev–Trinajstić information content (AvgIpc) is 2.65. The van der Waals surface area contributed by atoms with Crippen LogP contribution in [-0.2, 0) is 7.05 Å². The Morgan fingerprint density at radius 3 is 2.32 bits per heavy atom. The highest BCUT2D eigenvalue weighted by Gasteiger charge is 2.26. The highest BCUT2D eigenvalue weighted by atomic mass is 15.4. The van der Waals surface area contributed by atoms with Gasteiger partial charge in [0.1, 0.15) is 5.82 Å². The molecule has 108 valence electrons. The van der Waals surface area contributed by atoms with Crippen LogP contribution in [0.5, 0.6) is 0 Å². The fraction of sp³-hybridized carbons (Fsp3) is 0.786. The zero-order valence-electron chi connectivity index (χ0n) is 12.8. The summed E-state index contributed by atoms with van der Waals surface area (Å²) in [4.78, 5) is 4.71. The van der Waals surface area contributed by atoms with E-state index < -0.39 is 0 Å². The van der Waals surface area contributed by atoms with Crippen LogP contribution in [0.3, 0.4) is 0 Å². The second-order valence-electron chi connectivity index (χ2n) is 6.05. The van der Waals surface area contributed by atoms with Crippen molar-refractivity contribution in [2.45, 2.75) is 38.6 Å². The number of hydrogen-bond acceptors (Lipinski definition) is 4. The van der Waals surface area contributed by atoms with Crippen molar-refractivity contribution >= 4 is 11.5 Å². The summed E-state index contributed by atoms with van der Waals surface area (Å²) in [5, 5.41) is 4.58. The Bertz CT molecular complexity index is 429. The van der Waals surface area contributed by atoms with E-state index >= 15 is 0 Å². The third kappa shape index (κ3) is 2.71. The Kier molecular flexibility index (Phi) is 4.04. The van der Waals surface area contributed by atoms with Gasteiger partial charge in [-0.3, -0.25) is 4.68 Å². The minimum atomic E-state index is 0.367. The van der Waals surface area contributed by atoms with Gasteiger partial charge in [0.05, 0.1) is 11.4 Å². The summed E-state index contributed by atoms with van der Waals surface area (Å²) < 4.78 is 1.93. The molecule has 0 spiro atoms. The number of likely N-dealkylation sites (tertiary alicyclic amines) is 1. The van der Waals surface area contributed by atoms with E-state index in [0.29, 0.717) is 12.0 Å². The third-order valence-corrected chi connectivity index (χ3v) is 4.20. The molecule has 1 aromatic heterocycles. The van der Waals surface area contributed by atoms with E-state index in [-0.39, 0.29) is 0 Å². The van der Waals surface area contributed by atoms with Gasteiger partial charge in [0, 0.05) is 20.1 Å². The van der Waals surface area contributed by atoms with E-state index in [1.807, 2.05) is 11.7 Å². The van der Waals surface area contributed by atoms with Crippen molar-refractivity contribution < 1.29 is 0 Å². The molecule has 0 atom stereocenters. The maximum Gasteiger partial charge on any atom is 0.150 e. The molecule has 2 N–H and O–H groups in total. The first-order valence-corrected chi connectivity index (χ1v) is 7.15. The first-order valence-electron chi connectivity index (χ1n) is 7.15. The molecule has 0 unspecified atom stereocenters. The van der Waals surface area contributed by atoms with Crippen LogP contribution in [0.25, 0.3) is 0 Å². The second-order valence-corrected chi connectivity index (χ2v) is 6.05. The van der Waals surface area contributed by atoms with E-state index in [1.54, 1.807) is 0 Å². The number of piperidine rings is 1. The van der Waals surface area contributed by atoms with Gasteiger partial charge in [-0.25, -0.2) is 0 Å². The fourth-order valence-electron chi connectivity index (χ4n) is 2.95. The number of aryl methyl sites for hydroxylation is 1. The van der Waals surface area contributed by atoms with Crippen LogP contribution in [-0.4, -0.2) is 47.9 Å². The number of rotatable bonds is 3. The van der Waals surface area contributed by atoms with Gasteiger partial charge in [-0.2, -0.15) is 5.10 Å². The zero-order chi connectivity index (χ0) is 14.2. The van der Waals surface area contributed by atoms with Crippen molar-refractivity contribution in [1.29, 1.82) is 0 Å². The highest BCUT2D eigenvalue weighted by Crippen LogP contribution is 2.32. The number of nitrogens with two attached hydrogens (primary N) is 1. The van der Waals surface area contributed by atoms with Crippen molar-refractivity contribution in [2.24, 2.45) is 7.05 Å². The molecule has 1 aliphatic rings. The van der Waals surface area contributed by atoms with E-state index in [1.165, 1.54) is 12.8 Å². The standard InChI is InChI=1S/C14H27N5/c1-10(2)13-12(15)14(19(5)16-13)18(4)11-6-8-17(3)9-7-11/h10-11H,6-9,15H2,1-5H3. The maximum absolute atomic E-state index is 6.30. The molecule has 1 fully saturated rings. The van der Waals surface area contributed by atoms with Gasteiger partial charge in [-0.1, -0.05) is 13.8 Å². The van der Waals surface area contributed by atoms with Gasteiger partial charge in [0.15, 0.2) is 0 Å². The molecular formula is C14H27N5. The fourth-order valence-corrected chi connectivity index (χ4v) is 2.95. The first-order chi connectivity index (χ1) is 8.91. The van der Waals surface area contributed by atoms with Gasteiger partial charge in [-0.15, -0.1) is 0 Å². The zero-order valence-corrected chi connectivity index (χ0v) is 12.8. The number of nitrogen functional groups attached to an aromatic ring is 1. The smallest absolute Gasteiger partial charge is 0.150 e. The lowest BCUT2D eigenvalue weighted by Crippen LogP contribution is -2.42. The second kappa shape index (κ2) is 5.41. The highest BCUT2D eigenvalue weighted by molar-refractivity contribution is 5.67. The van der Waals surface area contributed by atoms with Crippen LogP contribution in [0, 0.1) is 0 Å². The van der Waals surface area contributed by atoms with Gasteiger partial charge in [0.2, 0.25) is 0 Å². The van der Waals surface area contributed by atoms with Crippen LogP contribution < -0.4 is 10.6 Å². The summed E-state index contributed by atoms with van der Waals surface area (Å²) in [6.45, 7) is 6.59. The Hall–Kier alpha value is -1.23. The molecule has 0 aromatic carbocycles. The third-order valence-electron chi connectivity index (χ3n) is 4.20. The molecule has 1 aliphatic heterocycles. The molecule has 19 heavy (non-hydrogen) atoms. The van der Waals surface area contributed by atoms with Gasteiger partial charge >= 0.3 is 0 Å². The molecule has 1 saturated heterocycles. The van der Waals surface area contributed by atoms with E-state index in [2.05, 4.69) is 42.8 Å². The number of nitrogens with zero attached hydrogens (tertiary/aromatic N) is 4. The average molecular weight is 265 g/mol. The topological polar surface area (TPSA) is 50.3 Å². The molecule has 5 nitrogen and oxygen atoms in total. The lowest BCUT2D eigenvalue weighted by Gasteiger charge is -2.36. The van der Waals surface area contributed by atoms with E-state index in [0.717, 1.165) is 30.3 Å². The van der Waals surface area contributed by atoms with Crippen LogP contribution in [0.2, 0.25) is 0 Å². The Morgan fingerprint density at radius 2 is 1.84 bits per heavy atom. The van der Waals surface area contributed by atoms with E-state index in [4.69, 9.17) is 5.73 Å². The maximum atomic E-state index is 6.30. The summed E-state index contributed by atoms with van der Waals surface area (Å²) in [5.41, 5.74) is 8.16. The van der Waals surface area contributed by atoms with Gasteiger partial charge in [-0.05, 0) is 38.9 Å². The van der Waals surface area contributed by atoms with Gasteiger partial charge in [0.25, 0.3) is 0 Å². The summed E-state index contributed by atoms with van der Waals surface area (Å²) in [6.07, 6.45) is 2.38. The van der Waals surface area contributed by atoms with Crippen molar-refractivity contribution in [1.82, 2.24) is 14.7 Å². The predicted octanol–water partition coefficient (Wildman–Crippen LogP) is 1.66. The SMILES string of the molecule is CC(C)c1nn(C)c(N(C)C2CCN(C)CC2)c1N. The van der Waals surface area contributed by atoms with Crippen LogP contribution >= 0.6 is 0 Å². The molecule has 5 heteroatoms. The Labute approximate surface area is 116 Å². The van der Waals surface area contributed by atoms with Crippen molar-refractivity contribution in [2.75, 3.05) is 37.8 Å². The minimum Gasteiger partial charge on any atom is -0.394 e. The normalized spacial score (nSPS) is 18.2. The van der Waals surface area contributed by atoms with E-state index in [9.17, 15) is 0 Å². The molecule has 0 bridgehead atoms. The van der Waals surface area contributed by atoms with Crippen LogP contribution in [0.15, 0.2) is 0 Å². The Morgan fingerprint density at radius 1 is 1.26 bits per heavy atom. The molecule has 0 aliphatic carbocycles. The largest absolute Gasteiger partial charge is 0.394 e. The summed E-state index contributed by atoms with van der Waals surface area (Å²) in [7, 11) is 6.32.